The van der Waals surface area contributed by atoms with Crippen molar-refractivity contribution in [2.24, 2.45) is 5.41 Å². The smallest absolute Gasteiger partial charge is 0.134 e. The second-order valence-electron chi connectivity index (χ2n) is 6.14. The van der Waals surface area contributed by atoms with E-state index in [-0.39, 0.29) is 11.5 Å². The molecule has 1 atom stereocenters. The monoisotopic (exact) mass is 275 g/mol. The fraction of sp³-hybridized carbons (Fsp3) is 0.529. The summed E-state index contributed by atoms with van der Waals surface area (Å²) in [5.74, 6) is 1.88. The fourth-order valence-electron chi connectivity index (χ4n) is 2.48. The molecule has 0 radical (unpaired) electrons. The van der Waals surface area contributed by atoms with Gasteiger partial charge in [-0.05, 0) is 43.1 Å². The van der Waals surface area contributed by atoms with Crippen LogP contribution < -0.4 is 10.1 Å². The van der Waals surface area contributed by atoms with Crippen LogP contribution in [0.2, 0.25) is 0 Å². The first-order valence-corrected chi connectivity index (χ1v) is 7.35. The SMILES string of the molecule is CCNC(c1cc2cc(OCC)ccc2o1)C(C)(C)C. The van der Waals surface area contributed by atoms with Crippen LogP contribution in [0.25, 0.3) is 11.0 Å². The fourth-order valence-corrected chi connectivity index (χ4v) is 2.48. The maximum Gasteiger partial charge on any atom is 0.134 e. The van der Waals surface area contributed by atoms with Gasteiger partial charge in [-0.15, -0.1) is 0 Å². The van der Waals surface area contributed by atoms with E-state index in [1.807, 2.05) is 25.1 Å². The van der Waals surface area contributed by atoms with Crippen LogP contribution in [0, 0.1) is 5.41 Å². The molecule has 20 heavy (non-hydrogen) atoms. The van der Waals surface area contributed by atoms with E-state index in [0.717, 1.165) is 29.0 Å². The van der Waals surface area contributed by atoms with Crippen molar-refractivity contribution < 1.29 is 9.15 Å². The van der Waals surface area contributed by atoms with Gasteiger partial charge in [-0.25, -0.2) is 0 Å². The van der Waals surface area contributed by atoms with Gasteiger partial charge in [0, 0.05) is 5.39 Å². The summed E-state index contributed by atoms with van der Waals surface area (Å²) >= 11 is 0. The van der Waals surface area contributed by atoms with E-state index in [0.29, 0.717) is 6.61 Å². The number of hydrogen-bond donors (Lipinski definition) is 1. The van der Waals surface area contributed by atoms with Crippen molar-refractivity contribution in [2.45, 2.75) is 40.7 Å². The molecule has 1 heterocycles. The highest BCUT2D eigenvalue weighted by atomic mass is 16.5. The highest BCUT2D eigenvalue weighted by Gasteiger charge is 2.28. The average molecular weight is 275 g/mol. The van der Waals surface area contributed by atoms with Gasteiger partial charge in [-0.3, -0.25) is 0 Å². The Morgan fingerprint density at radius 2 is 1.95 bits per heavy atom. The van der Waals surface area contributed by atoms with Crippen molar-refractivity contribution >= 4 is 11.0 Å². The normalized spacial score (nSPS) is 13.7. The van der Waals surface area contributed by atoms with Gasteiger partial charge < -0.3 is 14.5 Å². The quantitative estimate of drug-likeness (QED) is 0.870. The molecule has 1 unspecified atom stereocenters. The molecule has 0 saturated carbocycles. The van der Waals surface area contributed by atoms with Crippen LogP contribution in [-0.2, 0) is 0 Å². The molecule has 110 valence electrons. The molecular weight excluding hydrogens is 250 g/mol. The first kappa shape index (κ1) is 14.9. The highest BCUT2D eigenvalue weighted by Crippen LogP contribution is 2.36. The number of fused-ring (bicyclic) bond motifs is 1. The maximum atomic E-state index is 6.02. The molecule has 0 aliphatic rings. The predicted molar refractivity (Wildman–Crippen MR) is 83.3 cm³/mol. The van der Waals surface area contributed by atoms with Crippen molar-refractivity contribution in [1.82, 2.24) is 5.32 Å². The van der Waals surface area contributed by atoms with Gasteiger partial charge in [0.1, 0.15) is 17.1 Å². The van der Waals surface area contributed by atoms with E-state index in [4.69, 9.17) is 9.15 Å². The molecule has 0 aliphatic carbocycles. The van der Waals surface area contributed by atoms with E-state index in [9.17, 15) is 0 Å². The second kappa shape index (κ2) is 5.88. The summed E-state index contributed by atoms with van der Waals surface area (Å²) in [6, 6.07) is 8.30. The molecule has 3 nitrogen and oxygen atoms in total. The minimum absolute atomic E-state index is 0.104. The first-order valence-electron chi connectivity index (χ1n) is 7.35. The number of furan rings is 1. The Kier molecular flexibility index (Phi) is 4.39. The Morgan fingerprint density at radius 1 is 1.20 bits per heavy atom. The van der Waals surface area contributed by atoms with Gasteiger partial charge in [0.25, 0.3) is 0 Å². The summed E-state index contributed by atoms with van der Waals surface area (Å²) < 4.78 is 11.6. The summed E-state index contributed by atoms with van der Waals surface area (Å²) in [5, 5.41) is 4.61. The maximum absolute atomic E-state index is 6.02. The lowest BCUT2D eigenvalue weighted by Crippen LogP contribution is -2.31. The zero-order chi connectivity index (χ0) is 14.8. The number of rotatable bonds is 5. The third-order valence-corrected chi connectivity index (χ3v) is 3.38. The Hall–Kier alpha value is -1.48. The summed E-state index contributed by atoms with van der Waals surface area (Å²) in [7, 11) is 0. The van der Waals surface area contributed by atoms with Crippen molar-refractivity contribution in [3.63, 3.8) is 0 Å². The highest BCUT2D eigenvalue weighted by molar-refractivity contribution is 5.79. The lowest BCUT2D eigenvalue weighted by Gasteiger charge is -2.29. The van der Waals surface area contributed by atoms with Crippen LogP contribution in [0.3, 0.4) is 0 Å². The number of benzene rings is 1. The minimum atomic E-state index is 0.104. The molecule has 3 heteroatoms. The summed E-state index contributed by atoms with van der Waals surface area (Å²) in [5.41, 5.74) is 1.02. The van der Waals surface area contributed by atoms with Gasteiger partial charge >= 0.3 is 0 Å². The largest absolute Gasteiger partial charge is 0.494 e. The van der Waals surface area contributed by atoms with E-state index >= 15 is 0 Å². The van der Waals surface area contributed by atoms with Crippen molar-refractivity contribution in [3.05, 3.63) is 30.0 Å². The zero-order valence-corrected chi connectivity index (χ0v) is 13.1. The van der Waals surface area contributed by atoms with Crippen molar-refractivity contribution in [3.8, 4) is 5.75 Å². The molecule has 0 bridgehead atoms. The molecule has 0 saturated heterocycles. The van der Waals surface area contributed by atoms with Crippen LogP contribution in [0.15, 0.2) is 28.7 Å². The van der Waals surface area contributed by atoms with E-state index < -0.39 is 0 Å². The third-order valence-electron chi connectivity index (χ3n) is 3.38. The van der Waals surface area contributed by atoms with Gasteiger partial charge in [0.2, 0.25) is 0 Å². The number of nitrogens with one attached hydrogen (secondary N) is 1. The molecule has 1 aromatic carbocycles. The molecule has 1 aromatic heterocycles. The zero-order valence-electron chi connectivity index (χ0n) is 13.1. The summed E-state index contributed by atoms with van der Waals surface area (Å²) in [6.07, 6.45) is 0. The third kappa shape index (κ3) is 3.15. The molecule has 0 spiro atoms. The molecule has 0 amide bonds. The molecule has 0 aliphatic heterocycles. The topological polar surface area (TPSA) is 34.4 Å². The molecule has 1 N–H and O–H groups in total. The Labute approximate surface area is 121 Å². The predicted octanol–water partition coefficient (Wildman–Crippen LogP) is 4.53. The van der Waals surface area contributed by atoms with Crippen LogP contribution in [0.4, 0.5) is 0 Å². The van der Waals surface area contributed by atoms with Gasteiger partial charge in [0.05, 0.1) is 12.6 Å². The van der Waals surface area contributed by atoms with E-state index in [2.05, 4.69) is 39.1 Å². The Balaban J connectivity index is 2.38. The van der Waals surface area contributed by atoms with Gasteiger partial charge in [0.15, 0.2) is 0 Å². The first-order chi connectivity index (χ1) is 9.45. The van der Waals surface area contributed by atoms with Crippen LogP contribution in [0.1, 0.15) is 46.4 Å². The van der Waals surface area contributed by atoms with E-state index in [1.54, 1.807) is 0 Å². The minimum Gasteiger partial charge on any atom is -0.494 e. The Morgan fingerprint density at radius 3 is 2.55 bits per heavy atom. The van der Waals surface area contributed by atoms with Crippen molar-refractivity contribution in [2.75, 3.05) is 13.2 Å². The van der Waals surface area contributed by atoms with Crippen LogP contribution in [0.5, 0.6) is 5.75 Å². The molecule has 2 aromatic rings. The Bertz CT molecular complexity index is 566. The van der Waals surface area contributed by atoms with Crippen LogP contribution in [-0.4, -0.2) is 13.2 Å². The molecule has 0 fully saturated rings. The van der Waals surface area contributed by atoms with Gasteiger partial charge in [-0.2, -0.15) is 0 Å². The van der Waals surface area contributed by atoms with Gasteiger partial charge in [-0.1, -0.05) is 27.7 Å². The number of hydrogen-bond acceptors (Lipinski definition) is 3. The lowest BCUT2D eigenvalue weighted by molar-refractivity contribution is 0.244. The van der Waals surface area contributed by atoms with Crippen LogP contribution >= 0.6 is 0 Å². The average Bonchev–Trinajstić information content (AvgIpc) is 2.77. The molecular formula is C17H25NO2. The second-order valence-corrected chi connectivity index (χ2v) is 6.14. The number of ether oxygens (including phenoxy) is 1. The lowest BCUT2D eigenvalue weighted by atomic mass is 9.85. The molecule has 2 rings (SSSR count). The summed E-state index contributed by atoms with van der Waals surface area (Å²) in [4.78, 5) is 0. The van der Waals surface area contributed by atoms with E-state index in [1.165, 1.54) is 0 Å². The van der Waals surface area contributed by atoms with Crippen molar-refractivity contribution in [1.29, 1.82) is 0 Å². The standard InChI is InChI=1S/C17H25NO2/c1-6-18-16(17(3,4)5)15-11-12-10-13(19-7-2)8-9-14(12)20-15/h8-11,16,18H,6-7H2,1-5H3. The summed E-state index contributed by atoms with van der Waals surface area (Å²) in [6.45, 7) is 12.4.